The number of anilines is 1. The second-order valence-electron chi connectivity index (χ2n) is 5.31. The Labute approximate surface area is 131 Å². The van der Waals surface area contributed by atoms with E-state index in [2.05, 4.69) is 0 Å². The lowest BCUT2D eigenvalue weighted by molar-refractivity contribution is -0.136. The van der Waals surface area contributed by atoms with Gasteiger partial charge < -0.3 is 4.74 Å². The monoisotopic (exact) mass is 311 g/mol. The standard InChI is InChI=1S/C17H13NO3S/c19-15-8-13(11-6-7-22-10-11)16-14(9-21-17(16)20)18(15)12-4-2-1-3-5-12/h1-7,10,13H,8-9H2/t13-/m1/s1. The Hall–Kier alpha value is -2.40. The lowest BCUT2D eigenvalue weighted by Crippen LogP contribution is -2.37. The van der Waals surface area contributed by atoms with Crippen LogP contribution in [0.25, 0.3) is 0 Å². The molecule has 1 amide bonds. The molecule has 0 spiro atoms. The van der Waals surface area contributed by atoms with Gasteiger partial charge in [-0.3, -0.25) is 9.69 Å². The first-order chi connectivity index (χ1) is 10.8. The first-order valence-electron chi connectivity index (χ1n) is 7.06. The molecule has 3 heterocycles. The van der Waals surface area contributed by atoms with Gasteiger partial charge in [-0.25, -0.2) is 4.79 Å². The van der Waals surface area contributed by atoms with Crippen LogP contribution in [0.15, 0.2) is 58.4 Å². The summed E-state index contributed by atoms with van der Waals surface area (Å²) in [5, 5.41) is 3.95. The van der Waals surface area contributed by atoms with Crippen LogP contribution in [-0.4, -0.2) is 18.5 Å². The highest BCUT2D eigenvalue weighted by Gasteiger charge is 2.42. The van der Waals surface area contributed by atoms with Crippen LogP contribution in [0.3, 0.4) is 0 Å². The largest absolute Gasteiger partial charge is 0.456 e. The van der Waals surface area contributed by atoms with Crippen molar-refractivity contribution in [2.75, 3.05) is 11.5 Å². The summed E-state index contributed by atoms with van der Waals surface area (Å²) in [6.07, 6.45) is 0.291. The Bertz CT molecular complexity index is 764. The highest BCUT2D eigenvalue weighted by atomic mass is 32.1. The van der Waals surface area contributed by atoms with E-state index in [1.807, 2.05) is 47.2 Å². The third-order valence-corrected chi connectivity index (χ3v) is 4.78. The average molecular weight is 311 g/mol. The highest BCUT2D eigenvalue weighted by Crippen LogP contribution is 2.42. The molecule has 0 aliphatic carbocycles. The first-order valence-corrected chi connectivity index (χ1v) is 8.00. The van der Waals surface area contributed by atoms with E-state index in [4.69, 9.17) is 4.74 Å². The zero-order valence-corrected chi connectivity index (χ0v) is 12.5. The molecule has 0 unspecified atom stereocenters. The second-order valence-corrected chi connectivity index (χ2v) is 6.09. The van der Waals surface area contributed by atoms with Crippen LogP contribution in [0.4, 0.5) is 5.69 Å². The van der Waals surface area contributed by atoms with E-state index in [9.17, 15) is 9.59 Å². The number of hydrogen-bond acceptors (Lipinski definition) is 4. The van der Waals surface area contributed by atoms with Gasteiger partial charge in [0.1, 0.15) is 6.61 Å². The van der Waals surface area contributed by atoms with Gasteiger partial charge in [-0.05, 0) is 34.5 Å². The van der Waals surface area contributed by atoms with Gasteiger partial charge in [0.25, 0.3) is 0 Å². The maximum absolute atomic E-state index is 12.7. The van der Waals surface area contributed by atoms with E-state index < -0.39 is 0 Å². The fourth-order valence-corrected chi connectivity index (χ4v) is 3.80. The molecular weight excluding hydrogens is 298 g/mol. The predicted octanol–water partition coefficient (Wildman–Crippen LogP) is 3.08. The Morgan fingerprint density at radius 1 is 1.14 bits per heavy atom. The Kier molecular flexibility index (Phi) is 3.08. The fourth-order valence-electron chi connectivity index (χ4n) is 3.09. The van der Waals surface area contributed by atoms with Crippen molar-refractivity contribution in [2.45, 2.75) is 12.3 Å². The minimum Gasteiger partial charge on any atom is -0.456 e. The predicted molar refractivity (Wildman–Crippen MR) is 83.6 cm³/mol. The number of benzene rings is 1. The number of thiophene rings is 1. The van der Waals surface area contributed by atoms with Crippen LogP contribution < -0.4 is 4.90 Å². The molecular formula is C17H13NO3S. The van der Waals surface area contributed by atoms with Crippen molar-refractivity contribution in [1.82, 2.24) is 0 Å². The summed E-state index contributed by atoms with van der Waals surface area (Å²) in [4.78, 5) is 26.5. The molecule has 4 rings (SSSR count). The molecule has 0 radical (unpaired) electrons. The molecule has 110 valence electrons. The van der Waals surface area contributed by atoms with E-state index in [-0.39, 0.29) is 24.4 Å². The van der Waals surface area contributed by atoms with Crippen LogP contribution in [0.5, 0.6) is 0 Å². The smallest absolute Gasteiger partial charge is 0.336 e. The van der Waals surface area contributed by atoms with Gasteiger partial charge in [0.05, 0.1) is 11.3 Å². The van der Waals surface area contributed by atoms with Crippen molar-refractivity contribution in [3.05, 3.63) is 64.0 Å². The summed E-state index contributed by atoms with van der Waals surface area (Å²) < 4.78 is 5.22. The molecule has 0 N–H and O–H groups in total. The van der Waals surface area contributed by atoms with Crippen LogP contribution in [0, 0.1) is 0 Å². The van der Waals surface area contributed by atoms with Crippen LogP contribution >= 0.6 is 11.3 Å². The maximum Gasteiger partial charge on any atom is 0.336 e. The molecule has 2 aromatic rings. The molecule has 2 aliphatic rings. The molecule has 1 aromatic carbocycles. The summed E-state index contributed by atoms with van der Waals surface area (Å²) in [6, 6.07) is 11.4. The molecule has 0 saturated heterocycles. The maximum atomic E-state index is 12.7. The average Bonchev–Trinajstić information content (AvgIpc) is 3.18. The van der Waals surface area contributed by atoms with Crippen LogP contribution in [0.1, 0.15) is 17.9 Å². The minimum atomic E-state index is -0.306. The first kappa shape index (κ1) is 13.3. The van der Waals surface area contributed by atoms with Crippen molar-refractivity contribution >= 4 is 28.9 Å². The van der Waals surface area contributed by atoms with Crippen molar-refractivity contribution in [3.63, 3.8) is 0 Å². The van der Waals surface area contributed by atoms with Gasteiger partial charge in [0.2, 0.25) is 5.91 Å². The number of nitrogens with zero attached hydrogens (tertiary/aromatic N) is 1. The van der Waals surface area contributed by atoms with Crippen LogP contribution in [-0.2, 0) is 14.3 Å². The van der Waals surface area contributed by atoms with Gasteiger partial charge in [0, 0.05) is 18.0 Å². The number of rotatable bonds is 2. The molecule has 4 nitrogen and oxygen atoms in total. The molecule has 5 heteroatoms. The number of hydrogen-bond donors (Lipinski definition) is 0. The minimum absolute atomic E-state index is 0.000509. The van der Waals surface area contributed by atoms with E-state index >= 15 is 0 Å². The summed E-state index contributed by atoms with van der Waals surface area (Å²) >= 11 is 1.57. The van der Waals surface area contributed by atoms with Gasteiger partial charge in [-0.15, -0.1) is 0 Å². The molecule has 1 atom stereocenters. The number of cyclic esters (lactones) is 1. The topological polar surface area (TPSA) is 46.6 Å². The van der Waals surface area contributed by atoms with Gasteiger partial charge >= 0.3 is 5.97 Å². The number of para-hydroxylation sites is 1. The normalized spacial score (nSPS) is 21.1. The zero-order chi connectivity index (χ0) is 15.1. The van der Waals surface area contributed by atoms with E-state index in [0.717, 1.165) is 11.3 Å². The van der Waals surface area contributed by atoms with E-state index in [1.165, 1.54) is 0 Å². The molecule has 1 aromatic heterocycles. The number of amides is 1. The quantitative estimate of drug-likeness (QED) is 0.801. The third-order valence-electron chi connectivity index (χ3n) is 4.08. The number of esters is 1. The van der Waals surface area contributed by atoms with Gasteiger partial charge in [0.15, 0.2) is 0 Å². The lowest BCUT2D eigenvalue weighted by Gasteiger charge is -2.31. The van der Waals surface area contributed by atoms with E-state index in [1.54, 1.807) is 16.2 Å². The third kappa shape index (κ3) is 1.97. The number of carbonyl (C=O) groups is 2. The van der Waals surface area contributed by atoms with Crippen molar-refractivity contribution in [3.8, 4) is 0 Å². The van der Waals surface area contributed by atoms with E-state index in [0.29, 0.717) is 17.7 Å². The summed E-state index contributed by atoms with van der Waals surface area (Å²) in [5.74, 6) is -0.497. The zero-order valence-electron chi connectivity index (χ0n) is 11.7. The summed E-state index contributed by atoms with van der Waals surface area (Å²) in [5.41, 5.74) is 3.10. The molecule has 22 heavy (non-hydrogen) atoms. The Balaban J connectivity index is 1.85. The SMILES string of the molecule is O=C1OCC2=C1[C@@H](c1ccsc1)CC(=O)N2c1ccccc1. The molecule has 0 fully saturated rings. The van der Waals surface area contributed by atoms with Gasteiger partial charge in [-0.2, -0.15) is 11.3 Å². The number of carbonyl (C=O) groups excluding carboxylic acids is 2. The molecule has 0 bridgehead atoms. The van der Waals surface area contributed by atoms with Crippen molar-refractivity contribution in [1.29, 1.82) is 0 Å². The molecule has 0 saturated carbocycles. The van der Waals surface area contributed by atoms with Crippen LogP contribution in [0.2, 0.25) is 0 Å². The van der Waals surface area contributed by atoms with Crippen molar-refractivity contribution < 1.29 is 14.3 Å². The Morgan fingerprint density at radius 2 is 1.95 bits per heavy atom. The summed E-state index contributed by atoms with van der Waals surface area (Å²) in [7, 11) is 0. The lowest BCUT2D eigenvalue weighted by atomic mass is 9.85. The Morgan fingerprint density at radius 3 is 2.68 bits per heavy atom. The second kappa shape index (κ2) is 5.10. The van der Waals surface area contributed by atoms with Crippen molar-refractivity contribution in [2.24, 2.45) is 0 Å². The fraction of sp³-hybridized carbons (Fsp3) is 0.176. The highest BCUT2D eigenvalue weighted by molar-refractivity contribution is 7.08. The molecule has 2 aliphatic heterocycles. The van der Waals surface area contributed by atoms with Gasteiger partial charge in [-0.1, -0.05) is 18.2 Å². The summed E-state index contributed by atoms with van der Waals surface area (Å²) in [6.45, 7) is 0.162. The number of ether oxygens (including phenoxy) is 1.